The normalized spacial score (nSPS) is 19.6. The molecule has 154 valence electrons. The second-order valence-electron chi connectivity index (χ2n) is 8.13. The highest BCUT2D eigenvalue weighted by Gasteiger charge is 2.42. The molecule has 0 aliphatic carbocycles. The maximum Gasteiger partial charge on any atom is 0.435 e. The van der Waals surface area contributed by atoms with Crippen LogP contribution in [0.5, 0.6) is 0 Å². The Bertz CT molecular complexity index is 683. The van der Waals surface area contributed by atoms with E-state index in [9.17, 15) is 23.1 Å². The fourth-order valence-corrected chi connectivity index (χ4v) is 3.41. The number of hydrogen-bond acceptors (Lipinski definition) is 4. The molecule has 1 atom stereocenters. The smallest absolute Gasteiger partial charge is 0.394 e. The van der Waals surface area contributed by atoms with Crippen LogP contribution in [0.25, 0.3) is 0 Å². The molecule has 0 radical (unpaired) electrons. The van der Waals surface area contributed by atoms with Gasteiger partial charge in [0.15, 0.2) is 5.69 Å². The Morgan fingerprint density at radius 2 is 2.00 bits per heavy atom. The quantitative estimate of drug-likeness (QED) is 0.811. The molecule has 1 aliphatic heterocycles. The monoisotopic (exact) mass is 390 g/mol. The van der Waals surface area contributed by atoms with Crippen molar-refractivity contribution in [3.05, 3.63) is 17.0 Å². The van der Waals surface area contributed by atoms with Gasteiger partial charge in [-0.25, -0.2) is 0 Å². The van der Waals surface area contributed by atoms with Gasteiger partial charge in [-0.1, -0.05) is 0 Å². The molecule has 6 nitrogen and oxygen atoms in total. The molecule has 27 heavy (non-hydrogen) atoms. The van der Waals surface area contributed by atoms with E-state index >= 15 is 0 Å². The predicted octanol–water partition coefficient (Wildman–Crippen LogP) is 2.76. The van der Waals surface area contributed by atoms with E-state index in [-0.39, 0.29) is 18.3 Å². The van der Waals surface area contributed by atoms with E-state index < -0.39 is 28.9 Å². The van der Waals surface area contributed by atoms with Crippen LogP contribution in [0.4, 0.5) is 13.2 Å². The molecule has 1 fully saturated rings. The fraction of sp³-hybridized carbons (Fsp3) is 0.778. The van der Waals surface area contributed by atoms with Crippen molar-refractivity contribution in [1.82, 2.24) is 20.0 Å². The van der Waals surface area contributed by atoms with E-state index in [2.05, 4.69) is 29.2 Å². The molecule has 0 spiro atoms. The van der Waals surface area contributed by atoms with Crippen LogP contribution in [0.1, 0.15) is 68.3 Å². The third kappa shape index (κ3) is 4.82. The van der Waals surface area contributed by atoms with Gasteiger partial charge in [0.2, 0.25) is 0 Å². The van der Waals surface area contributed by atoms with Gasteiger partial charge in [0.1, 0.15) is 0 Å². The zero-order valence-corrected chi connectivity index (χ0v) is 16.5. The van der Waals surface area contributed by atoms with Crippen LogP contribution in [0.3, 0.4) is 0 Å². The van der Waals surface area contributed by atoms with E-state index in [0.717, 1.165) is 13.0 Å². The van der Waals surface area contributed by atoms with Gasteiger partial charge < -0.3 is 10.4 Å². The van der Waals surface area contributed by atoms with E-state index in [1.807, 2.05) is 0 Å². The Hall–Kier alpha value is -1.61. The minimum Gasteiger partial charge on any atom is -0.394 e. The number of aliphatic hydroxyl groups is 1. The van der Waals surface area contributed by atoms with Crippen molar-refractivity contribution in [1.29, 1.82) is 0 Å². The number of aliphatic hydroxyl groups excluding tert-OH is 1. The van der Waals surface area contributed by atoms with Gasteiger partial charge in [-0.15, -0.1) is 0 Å². The molecule has 0 bridgehead atoms. The molecule has 1 aromatic rings. The van der Waals surface area contributed by atoms with Crippen LogP contribution in [0.2, 0.25) is 0 Å². The highest BCUT2D eigenvalue weighted by atomic mass is 19.4. The maximum absolute atomic E-state index is 13.6. The molecule has 1 amide bonds. The second kappa shape index (κ2) is 7.79. The summed E-state index contributed by atoms with van der Waals surface area (Å²) in [6, 6.07) is 0.0773. The summed E-state index contributed by atoms with van der Waals surface area (Å²) in [6.45, 7) is 9.79. The van der Waals surface area contributed by atoms with Gasteiger partial charge in [0.05, 0.1) is 23.8 Å². The number of carbonyl (C=O) groups excluding carboxylic acids is 1. The molecule has 2 rings (SSSR count). The third-order valence-electron chi connectivity index (χ3n) is 5.00. The summed E-state index contributed by atoms with van der Waals surface area (Å²) < 4.78 is 42.1. The molecule has 1 aromatic heterocycles. The lowest BCUT2D eigenvalue weighted by molar-refractivity contribution is -0.142. The first-order valence-corrected chi connectivity index (χ1v) is 9.21. The average molecular weight is 390 g/mol. The third-order valence-corrected chi connectivity index (χ3v) is 5.00. The molecule has 0 aromatic carbocycles. The summed E-state index contributed by atoms with van der Waals surface area (Å²) in [6.07, 6.45) is -3.16. The molecule has 2 heterocycles. The van der Waals surface area contributed by atoms with Crippen LogP contribution < -0.4 is 5.32 Å². The zero-order chi connectivity index (χ0) is 20.6. The van der Waals surface area contributed by atoms with Gasteiger partial charge in [0, 0.05) is 18.3 Å². The number of carbonyl (C=O) groups is 1. The van der Waals surface area contributed by atoms with Crippen molar-refractivity contribution in [3.8, 4) is 0 Å². The SMILES string of the molecule is Cc1c(C(=O)NC(C)(C)CO)c(C(F)(F)F)nn1C1CCCN(C(C)C)C1. The van der Waals surface area contributed by atoms with E-state index in [4.69, 9.17) is 0 Å². The predicted molar refractivity (Wildman–Crippen MR) is 95.6 cm³/mol. The number of alkyl halides is 3. The van der Waals surface area contributed by atoms with Crippen molar-refractivity contribution in [2.45, 2.75) is 71.3 Å². The van der Waals surface area contributed by atoms with Crippen molar-refractivity contribution in [2.24, 2.45) is 0 Å². The van der Waals surface area contributed by atoms with Crippen LogP contribution in [0.15, 0.2) is 0 Å². The minimum absolute atomic E-state index is 0.198. The lowest BCUT2D eigenvalue weighted by Gasteiger charge is -2.36. The zero-order valence-electron chi connectivity index (χ0n) is 16.5. The number of amides is 1. The lowest BCUT2D eigenvalue weighted by atomic mass is 10.0. The van der Waals surface area contributed by atoms with E-state index in [0.29, 0.717) is 19.0 Å². The standard InChI is InChI=1S/C18H29F3N4O2/c1-11(2)24-8-6-7-13(9-24)25-12(3)14(15(23-25)18(19,20)21)16(27)22-17(4,5)10-26/h11,13,26H,6-10H2,1-5H3,(H,22,27). The number of nitrogens with one attached hydrogen (secondary N) is 1. The number of rotatable bonds is 5. The van der Waals surface area contributed by atoms with E-state index in [1.165, 1.54) is 11.6 Å². The Morgan fingerprint density at radius 1 is 1.37 bits per heavy atom. The van der Waals surface area contributed by atoms with Crippen molar-refractivity contribution < 1.29 is 23.1 Å². The first-order valence-electron chi connectivity index (χ1n) is 9.21. The minimum atomic E-state index is -4.74. The first kappa shape index (κ1) is 21.7. The number of piperidine rings is 1. The number of nitrogens with zero attached hydrogens (tertiary/aromatic N) is 3. The Balaban J connectivity index is 2.44. The van der Waals surface area contributed by atoms with Gasteiger partial charge in [-0.3, -0.25) is 14.4 Å². The summed E-state index contributed by atoms with van der Waals surface area (Å²) in [5.41, 5.74) is -2.48. The number of halogens is 3. The highest BCUT2D eigenvalue weighted by molar-refractivity contribution is 5.97. The van der Waals surface area contributed by atoms with Crippen LogP contribution in [-0.2, 0) is 6.18 Å². The highest BCUT2D eigenvalue weighted by Crippen LogP contribution is 2.35. The molecule has 2 N–H and O–H groups in total. The molecular weight excluding hydrogens is 361 g/mol. The summed E-state index contributed by atoms with van der Waals surface area (Å²) in [7, 11) is 0. The van der Waals surface area contributed by atoms with Crippen molar-refractivity contribution in [3.63, 3.8) is 0 Å². The Labute approximate surface area is 157 Å². The lowest BCUT2D eigenvalue weighted by Crippen LogP contribution is -2.46. The maximum atomic E-state index is 13.6. The van der Waals surface area contributed by atoms with E-state index in [1.54, 1.807) is 13.8 Å². The van der Waals surface area contributed by atoms with Crippen molar-refractivity contribution >= 4 is 5.91 Å². The average Bonchev–Trinajstić information content (AvgIpc) is 2.92. The molecule has 1 aliphatic rings. The number of hydrogen-bond donors (Lipinski definition) is 2. The topological polar surface area (TPSA) is 70.4 Å². The molecular formula is C18H29F3N4O2. The van der Waals surface area contributed by atoms with Crippen LogP contribution in [-0.4, -0.2) is 57.0 Å². The van der Waals surface area contributed by atoms with Gasteiger partial charge in [-0.05, 0) is 54.0 Å². The Morgan fingerprint density at radius 3 is 2.52 bits per heavy atom. The molecule has 9 heteroatoms. The van der Waals surface area contributed by atoms with Crippen LogP contribution >= 0.6 is 0 Å². The summed E-state index contributed by atoms with van der Waals surface area (Å²) in [5.74, 6) is -0.873. The number of likely N-dealkylation sites (tertiary alicyclic amines) is 1. The molecule has 1 saturated heterocycles. The largest absolute Gasteiger partial charge is 0.435 e. The summed E-state index contributed by atoms with van der Waals surface area (Å²) >= 11 is 0. The second-order valence-corrected chi connectivity index (χ2v) is 8.13. The molecule has 0 saturated carbocycles. The fourth-order valence-electron chi connectivity index (χ4n) is 3.41. The number of aromatic nitrogens is 2. The first-order chi connectivity index (χ1) is 12.4. The molecule has 1 unspecified atom stereocenters. The summed E-state index contributed by atoms with van der Waals surface area (Å²) in [5, 5.41) is 15.6. The Kier molecular flexibility index (Phi) is 6.26. The van der Waals surface area contributed by atoms with Gasteiger partial charge in [0.25, 0.3) is 5.91 Å². The van der Waals surface area contributed by atoms with Gasteiger partial charge >= 0.3 is 6.18 Å². The van der Waals surface area contributed by atoms with Crippen LogP contribution in [0, 0.1) is 6.92 Å². The van der Waals surface area contributed by atoms with Crippen molar-refractivity contribution in [2.75, 3.05) is 19.7 Å². The summed E-state index contributed by atoms with van der Waals surface area (Å²) in [4.78, 5) is 14.8. The van der Waals surface area contributed by atoms with Gasteiger partial charge in [-0.2, -0.15) is 18.3 Å².